The molecule has 1 N–H and O–H groups in total. The number of benzene rings is 3. The molecule has 0 aliphatic heterocycles. The van der Waals surface area contributed by atoms with Crippen molar-refractivity contribution in [2.75, 3.05) is 13.2 Å². The maximum Gasteiger partial charge on any atom is 0.123 e. The van der Waals surface area contributed by atoms with E-state index in [4.69, 9.17) is 9.84 Å². The van der Waals surface area contributed by atoms with E-state index in [-0.39, 0.29) is 6.61 Å². The van der Waals surface area contributed by atoms with Crippen molar-refractivity contribution in [2.45, 2.75) is 12.8 Å². The molecule has 3 rings (SSSR count). The molecular weight excluding hydrogens is 296 g/mol. The molecule has 24 heavy (non-hydrogen) atoms. The van der Waals surface area contributed by atoms with E-state index in [1.165, 1.54) is 22.3 Å². The second kappa shape index (κ2) is 8.32. The first-order valence-corrected chi connectivity index (χ1v) is 8.29. The molecular formula is C22H22O2. The number of ether oxygens (including phenoxy) is 1. The topological polar surface area (TPSA) is 29.5 Å². The maximum atomic E-state index is 9.09. The maximum absolute atomic E-state index is 9.09. The molecule has 2 heteroatoms. The zero-order valence-corrected chi connectivity index (χ0v) is 13.7. The second-order valence-electron chi connectivity index (χ2n) is 5.79. The van der Waals surface area contributed by atoms with Crippen LogP contribution in [0.3, 0.4) is 0 Å². The Morgan fingerprint density at radius 1 is 0.667 bits per heavy atom. The van der Waals surface area contributed by atoms with Gasteiger partial charge in [0, 0.05) is 12.0 Å². The van der Waals surface area contributed by atoms with E-state index in [2.05, 4.69) is 54.6 Å². The van der Waals surface area contributed by atoms with Crippen LogP contribution in [0, 0.1) is 0 Å². The third-order valence-electron chi connectivity index (χ3n) is 4.04. The van der Waals surface area contributed by atoms with Crippen molar-refractivity contribution in [3.63, 3.8) is 0 Å². The summed E-state index contributed by atoms with van der Waals surface area (Å²) < 4.78 is 5.79. The lowest BCUT2D eigenvalue weighted by Crippen LogP contribution is -2.06. The first-order valence-electron chi connectivity index (χ1n) is 8.29. The highest BCUT2D eigenvalue weighted by Gasteiger charge is 2.11. The van der Waals surface area contributed by atoms with Crippen molar-refractivity contribution in [2.24, 2.45) is 0 Å². The second-order valence-corrected chi connectivity index (χ2v) is 5.79. The van der Waals surface area contributed by atoms with Gasteiger partial charge in [0.1, 0.15) is 12.4 Å². The molecule has 0 bridgehead atoms. The molecule has 122 valence electrons. The highest BCUT2D eigenvalue weighted by molar-refractivity contribution is 5.45. The minimum atomic E-state index is 0.0215. The summed E-state index contributed by atoms with van der Waals surface area (Å²) in [6.07, 6.45) is 1.70. The summed E-state index contributed by atoms with van der Waals surface area (Å²) in [6.45, 7) is 0.338. The van der Waals surface area contributed by atoms with Gasteiger partial charge in [0.15, 0.2) is 0 Å². The Labute approximate surface area is 143 Å². The Morgan fingerprint density at radius 2 is 1.29 bits per heavy atom. The van der Waals surface area contributed by atoms with Gasteiger partial charge in [0.2, 0.25) is 0 Å². The number of aliphatic hydroxyl groups excluding tert-OH is 1. The molecule has 0 aromatic heterocycles. The molecule has 0 aliphatic rings. The molecule has 0 saturated heterocycles. The molecule has 3 aromatic rings. The third kappa shape index (κ3) is 4.24. The van der Waals surface area contributed by atoms with Gasteiger partial charge in [-0.15, -0.1) is 0 Å². The smallest absolute Gasteiger partial charge is 0.123 e. The summed E-state index contributed by atoms with van der Waals surface area (Å²) >= 11 is 0. The first kappa shape index (κ1) is 16.3. The van der Waals surface area contributed by atoms with E-state index in [9.17, 15) is 0 Å². The highest BCUT2D eigenvalue weighted by Crippen LogP contribution is 2.27. The lowest BCUT2D eigenvalue weighted by molar-refractivity contribution is 0.200. The molecule has 2 nitrogen and oxygen atoms in total. The minimum Gasteiger partial charge on any atom is -0.491 e. The van der Waals surface area contributed by atoms with Gasteiger partial charge < -0.3 is 9.84 Å². The summed E-state index contributed by atoms with van der Waals surface area (Å²) in [4.78, 5) is 0. The van der Waals surface area contributed by atoms with Gasteiger partial charge in [-0.05, 0) is 29.2 Å². The zero-order valence-electron chi connectivity index (χ0n) is 13.7. The normalized spacial score (nSPS) is 10.5. The van der Waals surface area contributed by atoms with Crippen molar-refractivity contribution < 1.29 is 9.84 Å². The van der Waals surface area contributed by atoms with E-state index in [0.717, 1.165) is 18.6 Å². The Bertz CT molecular complexity index is 751. The molecule has 0 fully saturated rings. The van der Waals surface area contributed by atoms with Crippen molar-refractivity contribution in [3.05, 3.63) is 101 Å². The van der Waals surface area contributed by atoms with Gasteiger partial charge in [-0.2, -0.15) is 0 Å². The largest absolute Gasteiger partial charge is 0.491 e. The lowest BCUT2D eigenvalue weighted by atomic mass is 9.94. The third-order valence-corrected chi connectivity index (χ3v) is 4.04. The molecule has 0 aliphatic carbocycles. The predicted octanol–water partition coefficient (Wildman–Crippen LogP) is 4.24. The van der Waals surface area contributed by atoms with Gasteiger partial charge >= 0.3 is 0 Å². The SMILES string of the molecule is OCCOc1cccc(Cc2ccccc2)c1Cc1ccccc1. The van der Waals surface area contributed by atoms with Crippen LogP contribution in [0.25, 0.3) is 0 Å². The first-order chi connectivity index (χ1) is 11.9. The lowest BCUT2D eigenvalue weighted by Gasteiger charge is -2.16. The average molecular weight is 318 g/mol. The van der Waals surface area contributed by atoms with E-state index < -0.39 is 0 Å². The van der Waals surface area contributed by atoms with Gasteiger partial charge in [-0.3, -0.25) is 0 Å². The van der Waals surface area contributed by atoms with Crippen LogP contribution in [-0.2, 0) is 12.8 Å². The number of rotatable bonds is 7. The van der Waals surface area contributed by atoms with Crippen LogP contribution in [0.2, 0.25) is 0 Å². The minimum absolute atomic E-state index is 0.0215. The molecule has 0 unspecified atom stereocenters. The van der Waals surface area contributed by atoms with E-state index in [0.29, 0.717) is 6.61 Å². The van der Waals surface area contributed by atoms with Crippen molar-refractivity contribution >= 4 is 0 Å². The monoisotopic (exact) mass is 318 g/mol. The van der Waals surface area contributed by atoms with E-state index in [1.807, 2.05) is 24.3 Å². The summed E-state index contributed by atoms with van der Waals surface area (Å²) in [6, 6.07) is 27.1. The fourth-order valence-electron chi connectivity index (χ4n) is 2.88. The summed E-state index contributed by atoms with van der Waals surface area (Å²) in [5.74, 6) is 0.862. The number of hydrogen-bond donors (Lipinski definition) is 1. The van der Waals surface area contributed by atoms with Crippen LogP contribution in [-0.4, -0.2) is 18.3 Å². The van der Waals surface area contributed by atoms with Gasteiger partial charge in [-0.25, -0.2) is 0 Å². The van der Waals surface area contributed by atoms with Crippen LogP contribution in [0.4, 0.5) is 0 Å². The van der Waals surface area contributed by atoms with Gasteiger partial charge in [0.05, 0.1) is 6.61 Å². The Hall–Kier alpha value is -2.58. The van der Waals surface area contributed by atoms with Crippen LogP contribution in [0.5, 0.6) is 5.75 Å². The molecule has 0 saturated carbocycles. The van der Waals surface area contributed by atoms with E-state index in [1.54, 1.807) is 0 Å². The molecule has 0 atom stereocenters. The quantitative estimate of drug-likeness (QED) is 0.706. The molecule has 0 amide bonds. The number of aliphatic hydroxyl groups is 1. The molecule has 0 spiro atoms. The van der Waals surface area contributed by atoms with Crippen LogP contribution in [0.1, 0.15) is 22.3 Å². The Balaban J connectivity index is 1.94. The Morgan fingerprint density at radius 3 is 1.92 bits per heavy atom. The van der Waals surface area contributed by atoms with Crippen molar-refractivity contribution in [1.29, 1.82) is 0 Å². The van der Waals surface area contributed by atoms with Crippen LogP contribution in [0.15, 0.2) is 78.9 Å². The van der Waals surface area contributed by atoms with Crippen LogP contribution >= 0.6 is 0 Å². The van der Waals surface area contributed by atoms with Gasteiger partial charge in [-0.1, -0.05) is 72.8 Å². The summed E-state index contributed by atoms with van der Waals surface area (Å²) in [5.41, 5.74) is 5.00. The number of hydrogen-bond acceptors (Lipinski definition) is 2. The average Bonchev–Trinajstić information content (AvgIpc) is 2.64. The standard InChI is InChI=1S/C22H22O2/c23-14-15-24-22-13-7-12-20(16-18-8-3-1-4-9-18)21(22)17-19-10-5-2-6-11-19/h1-13,23H,14-17H2. The predicted molar refractivity (Wildman–Crippen MR) is 97.5 cm³/mol. The van der Waals surface area contributed by atoms with Crippen LogP contribution < -0.4 is 4.74 Å². The summed E-state index contributed by atoms with van der Waals surface area (Å²) in [7, 11) is 0. The Kier molecular flexibility index (Phi) is 5.65. The molecule has 3 aromatic carbocycles. The fourth-order valence-corrected chi connectivity index (χ4v) is 2.88. The van der Waals surface area contributed by atoms with Crippen molar-refractivity contribution in [3.8, 4) is 5.75 Å². The van der Waals surface area contributed by atoms with E-state index >= 15 is 0 Å². The van der Waals surface area contributed by atoms with Gasteiger partial charge in [0.25, 0.3) is 0 Å². The summed E-state index contributed by atoms with van der Waals surface area (Å²) in [5, 5.41) is 9.09. The fraction of sp³-hybridized carbons (Fsp3) is 0.182. The highest BCUT2D eigenvalue weighted by atomic mass is 16.5. The zero-order chi connectivity index (χ0) is 16.6. The van der Waals surface area contributed by atoms with Crippen molar-refractivity contribution in [1.82, 2.24) is 0 Å². The molecule has 0 heterocycles. The molecule has 0 radical (unpaired) electrons.